The van der Waals surface area contributed by atoms with E-state index in [4.69, 9.17) is 0 Å². The van der Waals surface area contributed by atoms with Crippen molar-refractivity contribution in [2.75, 3.05) is 0 Å². The number of carbonyl (C=O) groups is 1. The average Bonchev–Trinajstić information content (AvgIpc) is 3.19. The van der Waals surface area contributed by atoms with Crippen LogP contribution in [0.5, 0.6) is 0 Å². The molecule has 1 aliphatic carbocycles. The maximum absolute atomic E-state index is 11.3. The van der Waals surface area contributed by atoms with Crippen molar-refractivity contribution in [3.8, 4) is 11.4 Å². The fraction of sp³-hybridized carbons (Fsp3) is 0.375. The van der Waals surface area contributed by atoms with E-state index in [1.807, 2.05) is 41.1 Å². The Morgan fingerprint density at radius 1 is 1.38 bits per heavy atom. The smallest absolute Gasteiger partial charge is 0.320 e. The number of hydrogen-bond donors (Lipinski definition) is 2. The fourth-order valence-corrected chi connectivity index (χ4v) is 2.42. The van der Waals surface area contributed by atoms with Crippen LogP contribution in [-0.2, 0) is 11.3 Å². The number of imidazole rings is 1. The molecule has 1 aromatic heterocycles. The lowest BCUT2D eigenvalue weighted by molar-refractivity contribution is -0.139. The van der Waals surface area contributed by atoms with Crippen LogP contribution < -0.4 is 5.32 Å². The Bertz CT molecular complexity index is 605. The van der Waals surface area contributed by atoms with Crippen LogP contribution >= 0.6 is 0 Å². The SMILES string of the molecule is O=C(O)C(CCn1ccnc1-c1ccccc1)NC1CC1. The molecule has 0 amide bonds. The first-order valence-electron chi connectivity index (χ1n) is 7.29. The van der Waals surface area contributed by atoms with Crippen molar-refractivity contribution in [3.63, 3.8) is 0 Å². The Hall–Kier alpha value is -2.14. The van der Waals surface area contributed by atoms with Gasteiger partial charge < -0.3 is 15.0 Å². The molecule has 0 saturated heterocycles. The summed E-state index contributed by atoms with van der Waals surface area (Å²) in [5.41, 5.74) is 1.05. The lowest BCUT2D eigenvalue weighted by atomic mass is 10.2. The number of carboxylic acids is 1. The van der Waals surface area contributed by atoms with Crippen molar-refractivity contribution in [1.82, 2.24) is 14.9 Å². The normalized spacial score (nSPS) is 15.8. The lowest BCUT2D eigenvalue weighted by Crippen LogP contribution is -2.38. The zero-order chi connectivity index (χ0) is 14.7. The Morgan fingerprint density at radius 2 is 2.14 bits per heavy atom. The van der Waals surface area contributed by atoms with Gasteiger partial charge >= 0.3 is 5.97 Å². The summed E-state index contributed by atoms with van der Waals surface area (Å²) in [4.78, 5) is 15.7. The van der Waals surface area contributed by atoms with Gasteiger partial charge in [0, 0.05) is 30.5 Å². The van der Waals surface area contributed by atoms with Gasteiger partial charge in [-0.3, -0.25) is 4.79 Å². The number of benzene rings is 1. The summed E-state index contributed by atoms with van der Waals surface area (Å²) < 4.78 is 2.01. The molecule has 0 spiro atoms. The molecule has 1 saturated carbocycles. The third kappa shape index (κ3) is 3.49. The lowest BCUT2D eigenvalue weighted by Gasteiger charge is -2.15. The molecular formula is C16H19N3O2. The summed E-state index contributed by atoms with van der Waals surface area (Å²) in [6.07, 6.45) is 6.39. The van der Waals surface area contributed by atoms with E-state index in [1.165, 1.54) is 0 Å². The number of aromatic nitrogens is 2. The van der Waals surface area contributed by atoms with E-state index in [0.29, 0.717) is 19.0 Å². The third-order valence-corrected chi connectivity index (χ3v) is 3.72. The zero-order valence-electron chi connectivity index (χ0n) is 11.8. The molecule has 1 unspecified atom stereocenters. The summed E-state index contributed by atoms with van der Waals surface area (Å²) in [6.45, 7) is 0.640. The van der Waals surface area contributed by atoms with Gasteiger partial charge in [0.2, 0.25) is 0 Å². The standard InChI is InChI=1S/C16H19N3O2/c20-16(21)14(18-13-6-7-13)8-10-19-11-9-17-15(19)12-4-2-1-3-5-12/h1-5,9,11,13-14,18H,6-8,10H2,(H,20,21). The Morgan fingerprint density at radius 3 is 2.81 bits per heavy atom. The number of hydrogen-bond acceptors (Lipinski definition) is 3. The van der Waals surface area contributed by atoms with Crippen LogP contribution in [-0.4, -0.2) is 32.7 Å². The minimum Gasteiger partial charge on any atom is -0.480 e. The maximum Gasteiger partial charge on any atom is 0.320 e. The third-order valence-electron chi connectivity index (χ3n) is 3.72. The molecule has 5 heteroatoms. The second-order valence-corrected chi connectivity index (χ2v) is 5.43. The van der Waals surface area contributed by atoms with E-state index in [-0.39, 0.29) is 0 Å². The summed E-state index contributed by atoms with van der Waals surface area (Å²) in [5.74, 6) is 0.106. The van der Waals surface area contributed by atoms with Gasteiger partial charge in [-0.1, -0.05) is 30.3 Å². The Kier molecular flexibility index (Phi) is 4.01. The quantitative estimate of drug-likeness (QED) is 0.818. The summed E-state index contributed by atoms with van der Waals surface area (Å²) in [6, 6.07) is 9.85. The van der Waals surface area contributed by atoms with E-state index >= 15 is 0 Å². The van der Waals surface area contributed by atoms with E-state index in [2.05, 4.69) is 10.3 Å². The topological polar surface area (TPSA) is 67.1 Å². The van der Waals surface area contributed by atoms with Crippen LogP contribution in [0.2, 0.25) is 0 Å². The zero-order valence-corrected chi connectivity index (χ0v) is 11.8. The molecule has 1 aliphatic rings. The number of aliphatic carboxylic acids is 1. The summed E-state index contributed by atoms with van der Waals surface area (Å²) >= 11 is 0. The molecule has 1 atom stereocenters. The molecule has 21 heavy (non-hydrogen) atoms. The maximum atomic E-state index is 11.3. The monoisotopic (exact) mass is 285 g/mol. The van der Waals surface area contributed by atoms with Crippen molar-refractivity contribution in [2.45, 2.75) is 37.9 Å². The van der Waals surface area contributed by atoms with Crippen molar-refractivity contribution < 1.29 is 9.90 Å². The minimum absolute atomic E-state index is 0.391. The molecule has 0 aliphatic heterocycles. The highest BCUT2D eigenvalue weighted by molar-refractivity contribution is 5.73. The minimum atomic E-state index is -0.775. The van der Waals surface area contributed by atoms with Gasteiger partial charge in [0.05, 0.1) is 0 Å². The van der Waals surface area contributed by atoms with Gasteiger partial charge in [-0.25, -0.2) is 4.98 Å². The number of nitrogens with zero attached hydrogens (tertiary/aromatic N) is 2. The predicted octanol–water partition coefficient (Wildman–Crippen LogP) is 2.15. The van der Waals surface area contributed by atoms with E-state index < -0.39 is 12.0 Å². The predicted molar refractivity (Wildman–Crippen MR) is 79.9 cm³/mol. The van der Waals surface area contributed by atoms with Gasteiger partial charge in [-0.05, 0) is 19.3 Å². The van der Waals surface area contributed by atoms with Gasteiger partial charge in [0.25, 0.3) is 0 Å². The molecule has 5 nitrogen and oxygen atoms in total. The molecule has 2 N–H and O–H groups in total. The highest BCUT2D eigenvalue weighted by atomic mass is 16.4. The van der Waals surface area contributed by atoms with Crippen LogP contribution in [0, 0.1) is 0 Å². The molecular weight excluding hydrogens is 266 g/mol. The first kappa shape index (κ1) is 13.8. The van der Waals surface area contributed by atoms with Gasteiger partial charge in [0.1, 0.15) is 11.9 Å². The highest BCUT2D eigenvalue weighted by Crippen LogP contribution is 2.21. The molecule has 1 aromatic carbocycles. The molecule has 0 bridgehead atoms. The second kappa shape index (κ2) is 6.10. The molecule has 110 valence electrons. The van der Waals surface area contributed by atoms with Gasteiger partial charge in [-0.15, -0.1) is 0 Å². The Balaban J connectivity index is 1.67. The van der Waals surface area contributed by atoms with Crippen molar-refractivity contribution in [3.05, 3.63) is 42.7 Å². The average molecular weight is 285 g/mol. The van der Waals surface area contributed by atoms with Crippen LogP contribution in [0.15, 0.2) is 42.7 Å². The van der Waals surface area contributed by atoms with Crippen molar-refractivity contribution >= 4 is 5.97 Å². The fourth-order valence-electron chi connectivity index (χ4n) is 2.42. The molecule has 3 rings (SSSR count). The second-order valence-electron chi connectivity index (χ2n) is 5.43. The first-order chi connectivity index (χ1) is 10.2. The number of carboxylic acid groups (broad SMARTS) is 1. The van der Waals surface area contributed by atoms with Crippen molar-refractivity contribution in [1.29, 1.82) is 0 Å². The van der Waals surface area contributed by atoms with E-state index in [1.54, 1.807) is 6.20 Å². The van der Waals surface area contributed by atoms with Crippen LogP contribution in [0.4, 0.5) is 0 Å². The van der Waals surface area contributed by atoms with Crippen LogP contribution in [0.25, 0.3) is 11.4 Å². The highest BCUT2D eigenvalue weighted by Gasteiger charge is 2.28. The first-order valence-corrected chi connectivity index (χ1v) is 7.29. The molecule has 2 aromatic rings. The number of aryl methyl sites for hydroxylation is 1. The van der Waals surface area contributed by atoms with Crippen molar-refractivity contribution in [2.24, 2.45) is 0 Å². The summed E-state index contributed by atoms with van der Waals surface area (Å²) in [7, 11) is 0. The van der Waals surface area contributed by atoms with Crippen LogP contribution in [0.1, 0.15) is 19.3 Å². The van der Waals surface area contributed by atoms with Gasteiger partial charge in [0.15, 0.2) is 0 Å². The van der Waals surface area contributed by atoms with E-state index in [0.717, 1.165) is 24.2 Å². The Labute approximate surface area is 123 Å². The van der Waals surface area contributed by atoms with Gasteiger partial charge in [-0.2, -0.15) is 0 Å². The number of nitrogens with one attached hydrogen (secondary N) is 1. The number of rotatable bonds is 7. The molecule has 0 radical (unpaired) electrons. The molecule has 1 heterocycles. The van der Waals surface area contributed by atoms with Crippen LogP contribution in [0.3, 0.4) is 0 Å². The largest absolute Gasteiger partial charge is 0.480 e. The summed E-state index contributed by atoms with van der Waals surface area (Å²) in [5, 5.41) is 12.5. The van der Waals surface area contributed by atoms with E-state index in [9.17, 15) is 9.90 Å². The molecule has 1 fully saturated rings.